The Kier molecular flexibility index (Phi) is 5.71. The van der Waals surface area contributed by atoms with Crippen LogP contribution in [0, 0.1) is 13.8 Å². The number of anilines is 2. The van der Waals surface area contributed by atoms with Gasteiger partial charge in [0, 0.05) is 24.0 Å². The molecule has 3 N–H and O–H groups in total. The van der Waals surface area contributed by atoms with Gasteiger partial charge in [-0.15, -0.1) is 0 Å². The van der Waals surface area contributed by atoms with Crippen LogP contribution in [0.5, 0.6) is 0 Å². The molecule has 1 aromatic carbocycles. The van der Waals surface area contributed by atoms with Crippen molar-refractivity contribution in [3.8, 4) is 0 Å². The molecule has 0 spiro atoms. The number of amides is 1. The van der Waals surface area contributed by atoms with E-state index in [1.54, 1.807) is 4.90 Å². The van der Waals surface area contributed by atoms with Gasteiger partial charge >= 0.3 is 0 Å². The number of aryl methyl sites for hydroxylation is 1. The summed E-state index contributed by atoms with van der Waals surface area (Å²) >= 11 is 0. The second-order valence-corrected chi connectivity index (χ2v) is 8.84. The van der Waals surface area contributed by atoms with Crippen LogP contribution in [0.25, 0.3) is 0 Å². The topological polar surface area (TPSA) is 92.8 Å². The summed E-state index contributed by atoms with van der Waals surface area (Å²) in [6.45, 7) is 8.67. The molecule has 7 nitrogen and oxygen atoms in total. The molecule has 2 aliphatic rings. The molecule has 0 saturated carbocycles. The van der Waals surface area contributed by atoms with Crippen molar-refractivity contribution >= 4 is 23.2 Å². The lowest BCUT2D eigenvalue weighted by molar-refractivity contribution is -0.133. The van der Waals surface area contributed by atoms with Gasteiger partial charge in [0.2, 0.25) is 5.91 Å². The molecule has 4 rings (SSSR count). The maximum atomic E-state index is 13.2. The number of nitrogens with two attached hydrogens (primary N) is 1. The number of benzene rings is 1. The molecule has 0 bridgehead atoms. The van der Waals surface area contributed by atoms with Gasteiger partial charge in [0.1, 0.15) is 0 Å². The van der Waals surface area contributed by atoms with Crippen molar-refractivity contribution in [2.45, 2.75) is 64.6 Å². The monoisotopic (exact) mass is 421 g/mol. The van der Waals surface area contributed by atoms with Crippen LogP contribution in [0.4, 0.5) is 11.4 Å². The number of guanidine groups is 1. The van der Waals surface area contributed by atoms with Crippen molar-refractivity contribution in [2.24, 2.45) is 10.7 Å². The summed E-state index contributed by atoms with van der Waals surface area (Å²) in [6, 6.07) is 10.1. The van der Waals surface area contributed by atoms with Crippen molar-refractivity contribution in [3.05, 3.63) is 53.3 Å². The van der Waals surface area contributed by atoms with Gasteiger partial charge in [-0.05, 0) is 69.9 Å². The third-order valence-electron chi connectivity index (χ3n) is 6.30. The summed E-state index contributed by atoms with van der Waals surface area (Å²) < 4.78 is 5.63. The minimum atomic E-state index is -0.707. The van der Waals surface area contributed by atoms with Gasteiger partial charge < -0.3 is 15.8 Å². The number of carbonyl (C=O) groups excluding carboxylic acids is 1. The maximum Gasteiger partial charge on any atom is 0.232 e. The lowest BCUT2D eigenvalue weighted by Gasteiger charge is -2.42. The van der Waals surface area contributed by atoms with E-state index in [1.165, 1.54) is 0 Å². The summed E-state index contributed by atoms with van der Waals surface area (Å²) in [5, 5.41) is 3.43. The average Bonchev–Trinajstić information content (AvgIpc) is 2.70. The van der Waals surface area contributed by atoms with Gasteiger partial charge in [-0.25, -0.2) is 4.99 Å². The van der Waals surface area contributed by atoms with E-state index in [4.69, 9.17) is 15.5 Å². The van der Waals surface area contributed by atoms with E-state index in [2.05, 4.69) is 10.3 Å². The zero-order chi connectivity index (χ0) is 22.2. The van der Waals surface area contributed by atoms with Crippen molar-refractivity contribution in [3.63, 3.8) is 0 Å². The van der Waals surface area contributed by atoms with E-state index in [0.717, 1.165) is 41.0 Å². The molecule has 0 aliphatic carbocycles. The zero-order valence-corrected chi connectivity index (χ0v) is 18.7. The lowest BCUT2D eigenvalue weighted by atomic mass is 9.83. The summed E-state index contributed by atoms with van der Waals surface area (Å²) in [6.07, 6.45) is 3.79. The first-order valence-corrected chi connectivity index (χ1v) is 10.9. The summed E-state index contributed by atoms with van der Waals surface area (Å²) in [4.78, 5) is 24.1. The van der Waals surface area contributed by atoms with Gasteiger partial charge in [-0.3, -0.25) is 14.7 Å². The number of nitrogens with zero attached hydrogens (tertiary/aromatic N) is 3. The third-order valence-corrected chi connectivity index (χ3v) is 6.30. The largest absolute Gasteiger partial charge is 0.378 e. The Bertz CT molecular complexity index is 1000. The van der Waals surface area contributed by atoms with Crippen LogP contribution in [-0.2, 0) is 15.1 Å². The molecule has 7 heteroatoms. The highest BCUT2D eigenvalue weighted by atomic mass is 16.5. The Morgan fingerprint density at radius 1 is 1.26 bits per heavy atom. The fourth-order valence-corrected chi connectivity index (χ4v) is 4.66. The predicted octanol–water partition coefficient (Wildman–Crippen LogP) is 3.77. The summed E-state index contributed by atoms with van der Waals surface area (Å²) in [7, 11) is 0. The zero-order valence-electron chi connectivity index (χ0n) is 18.7. The van der Waals surface area contributed by atoms with E-state index in [-0.39, 0.29) is 24.5 Å². The minimum absolute atomic E-state index is 0.0228. The first kappa shape index (κ1) is 21.3. The SMILES string of the molecule is Cc1ccc(Nc2cccc([C@]3(C)CC(=O)N([C@@H]4CCO[C@H](C)C4)C(N)=N3)c2C)cn1. The molecule has 3 atom stereocenters. The van der Waals surface area contributed by atoms with E-state index < -0.39 is 5.54 Å². The molecule has 164 valence electrons. The number of ether oxygens (including phenoxy) is 1. The lowest BCUT2D eigenvalue weighted by Crippen LogP contribution is -2.56. The van der Waals surface area contributed by atoms with Crippen LogP contribution in [0.1, 0.15) is 49.9 Å². The molecule has 3 heterocycles. The van der Waals surface area contributed by atoms with Crippen LogP contribution in [0.2, 0.25) is 0 Å². The molecule has 1 aromatic heterocycles. The second kappa shape index (κ2) is 8.30. The van der Waals surface area contributed by atoms with Crippen LogP contribution >= 0.6 is 0 Å². The number of hydrogen-bond acceptors (Lipinski definition) is 6. The molecule has 1 amide bonds. The Hall–Kier alpha value is -2.93. The Morgan fingerprint density at radius 3 is 2.74 bits per heavy atom. The number of pyridine rings is 1. The standard InChI is InChI=1S/C24H31N5O2/c1-15-8-9-18(14-26-15)27-21-7-5-6-20(17(21)3)24(4)13-22(30)29(23(25)28-24)19-10-11-31-16(2)12-19/h5-9,14,16,19,27H,10-13H2,1-4H3,(H2,25,28)/t16-,19-,24+/m1/s1. The first-order valence-electron chi connectivity index (χ1n) is 10.9. The van der Waals surface area contributed by atoms with Crippen molar-refractivity contribution in [2.75, 3.05) is 11.9 Å². The van der Waals surface area contributed by atoms with E-state index in [9.17, 15) is 4.79 Å². The Balaban J connectivity index is 1.63. The number of hydrogen-bond donors (Lipinski definition) is 2. The first-order chi connectivity index (χ1) is 14.8. The number of carbonyl (C=O) groups is 1. The third kappa shape index (κ3) is 4.28. The highest BCUT2D eigenvalue weighted by Crippen LogP contribution is 2.38. The molecule has 1 fully saturated rings. The van der Waals surface area contributed by atoms with Gasteiger partial charge in [0.25, 0.3) is 0 Å². The van der Waals surface area contributed by atoms with Gasteiger partial charge in [0.05, 0.1) is 29.9 Å². The Labute approximate surface area is 183 Å². The van der Waals surface area contributed by atoms with Crippen LogP contribution < -0.4 is 11.1 Å². The predicted molar refractivity (Wildman–Crippen MR) is 122 cm³/mol. The number of aromatic nitrogens is 1. The highest BCUT2D eigenvalue weighted by molar-refractivity contribution is 5.99. The molecule has 0 radical (unpaired) electrons. The fourth-order valence-electron chi connectivity index (χ4n) is 4.66. The molecule has 2 aromatic rings. The molecule has 31 heavy (non-hydrogen) atoms. The second-order valence-electron chi connectivity index (χ2n) is 8.84. The van der Waals surface area contributed by atoms with Gasteiger partial charge in [-0.2, -0.15) is 0 Å². The van der Waals surface area contributed by atoms with Crippen LogP contribution in [0.15, 0.2) is 41.5 Å². The highest BCUT2D eigenvalue weighted by Gasteiger charge is 2.41. The molecule has 0 unspecified atom stereocenters. The Morgan fingerprint density at radius 2 is 2.06 bits per heavy atom. The van der Waals surface area contributed by atoms with E-state index in [1.807, 2.05) is 64.2 Å². The average molecular weight is 422 g/mol. The fraction of sp³-hybridized carbons (Fsp3) is 0.458. The molecule has 1 saturated heterocycles. The van der Waals surface area contributed by atoms with E-state index in [0.29, 0.717) is 12.6 Å². The molecular weight excluding hydrogens is 390 g/mol. The van der Waals surface area contributed by atoms with Crippen LogP contribution in [0.3, 0.4) is 0 Å². The molecule has 2 aliphatic heterocycles. The van der Waals surface area contributed by atoms with Gasteiger partial charge in [0.15, 0.2) is 5.96 Å². The van der Waals surface area contributed by atoms with Crippen molar-refractivity contribution in [1.29, 1.82) is 0 Å². The quantitative estimate of drug-likeness (QED) is 0.784. The van der Waals surface area contributed by atoms with Crippen LogP contribution in [-0.4, -0.2) is 40.5 Å². The van der Waals surface area contributed by atoms with Crippen molar-refractivity contribution in [1.82, 2.24) is 9.88 Å². The normalized spacial score (nSPS) is 26.5. The minimum Gasteiger partial charge on any atom is -0.378 e. The maximum absolute atomic E-state index is 13.2. The van der Waals surface area contributed by atoms with E-state index >= 15 is 0 Å². The van der Waals surface area contributed by atoms with Gasteiger partial charge in [-0.1, -0.05) is 12.1 Å². The number of rotatable bonds is 4. The van der Waals surface area contributed by atoms with Crippen molar-refractivity contribution < 1.29 is 9.53 Å². The summed E-state index contributed by atoms with van der Waals surface area (Å²) in [5.41, 5.74) is 10.6. The summed E-state index contributed by atoms with van der Waals surface area (Å²) in [5.74, 6) is 0.327. The number of aliphatic imine (C=N–C) groups is 1. The smallest absolute Gasteiger partial charge is 0.232 e. The number of nitrogens with one attached hydrogen (secondary N) is 1. The molecular formula is C24H31N5O2.